The Bertz CT molecular complexity index is 502. The molecule has 0 aliphatic heterocycles. The summed E-state index contributed by atoms with van der Waals surface area (Å²) in [6, 6.07) is 8.04. The van der Waals surface area contributed by atoms with Crippen LogP contribution in [0, 0.1) is 5.92 Å². The molecule has 2 aromatic rings. The van der Waals surface area contributed by atoms with Gasteiger partial charge in [0.25, 0.3) is 0 Å². The van der Waals surface area contributed by atoms with Crippen molar-refractivity contribution in [1.82, 2.24) is 5.32 Å². The van der Waals surface area contributed by atoms with E-state index in [1.165, 1.54) is 16.9 Å². The fraction of sp³-hybridized carbons (Fsp3) is 0.438. The molecule has 0 aliphatic carbocycles. The van der Waals surface area contributed by atoms with Crippen LogP contribution in [0.1, 0.15) is 36.1 Å². The zero-order chi connectivity index (χ0) is 15.2. The number of thiophene rings is 2. The van der Waals surface area contributed by atoms with Crippen LogP contribution in [0.3, 0.4) is 0 Å². The highest BCUT2D eigenvalue weighted by atomic mass is 32.1. The number of esters is 1. The molecule has 0 aromatic carbocycles. The number of methoxy groups -OCH3 is 1. The fourth-order valence-corrected chi connectivity index (χ4v) is 3.90. The Morgan fingerprint density at radius 1 is 1.24 bits per heavy atom. The first-order valence-electron chi connectivity index (χ1n) is 7.08. The van der Waals surface area contributed by atoms with Gasteiger partial charge < -0.3 is 4.74 Å². The van der Waals surface area contributed by atoms with E-state index in [1.54, 1.807) is 22.7 Å². The largest absolute Gasteiger partial charge is 0.468 e. The van der Waals surface area contributed by atoms with Gasteiger partial charge in [-0.1, -0.05) is 32.4 Å². The quantitative estimate of drug-likeness (QED) is 0.780. The van der Waals surface area contributed by atoms with Gasteiger partial charge in [0.2, 0.25) is 0 Å². The summed E-state index contributed by atoms with van der Waals surface area (Å²) in [5.41, 5.74) is 0. The highest BCUT2D eigenvalue weighted by molar-refractivity contribution is 7.11. The summed E-state index contributed by atoms with van der Waals surface area (Å²) in [5, 5.41) is 7.63. The van der Waals surface area contributed by atoms with Gasteiger partial charge in [-0.05, 0) is 28.8 Å². The normalized spacial score (nSPS) is 14.1. The predicted molar refractivity (Wildman–Crippen MR) is 88.9 cm³/mol. The van der Waals surface area contributed by atoms with E-state index in [4.69, 9.17) is 4.74 Å². The van der Waals surface area contributed by atoms with E-state index in [1.807, 2.05) is 12.1 Å². The van der Waals surface area contributed by atoms with Crippen LogP contribution >= 0.6 is 22.7 Å². The molecular weight excluding hydrogens is 302 g/mol. The molecule has 0 saturated carbocycles. The summed E-state index contributed by atoms with van der Waals surface area (Å²) < 4.78 is 4.98. The number of ether oxygens (including phenoxy) is 1. The van der Waals surface area contributed by atoms with Crippen LogP contribution in [0.5, 0.6) is 0 Å². The molecular formula is C16H21NO2S2. The lowest BCUT2D eigenvalue weighted by Crippen LogP contribution is -2.44. The van der Waals surface area contributed by atoms with Gasteiger partial charge in [0.15, 0.2) is 0 Å². The van der Waals surface area contributed by atoms with Crippen LogP contribution in [0.25, 0.3) is 0 Å². The molecule has 0 fully saturated rings. The lowest BCUT2D eigenvalue weighted by molar-refractivity contribution is -0.144. The first-order chi connectivity index (χ1) is 10.2. The molecule has 21 heavy (non-hydrogen) atoms. The lowest BCUT2D eigenvalue weighted by atomic mass is 9.98. The Morgan fingerprint density at radius 3 is 2.19 bits per heavy atom. The van der Waals surface area contributed by atoms with E-state index in [2.05, 4.69) is 42.1 Å². The fourth-order valence-electron chi connectivity index (χ4n) is 2.22. The van der Waals surface area contributed by atoms with Gasteiger partial charge >= 0.3 is 5.97 Å². The van der Waals surface area contributed by atoms with Crippen molar-refractivity contribution in [2.45, 2.75) is 32.4 Å². The van der Waals surface area contributed by atoms with Gasteiger partial charge in [0.05, 0.1) is 13.2 Å². The van der Waals surface area contributed by atoms with Crippen molar-refractivity contribution in [1.29, 1.82) is 0 Å². The molecule has 0 aliphatic rings. The molecule has 2 aromatic heterocycles. The van der Waals surface area contributed by atoms with E-state index in [0.717, 1.165) is 6.42 Å². The van der Waals surface area contributed by atoms with Crippen LogP contribution in [0.2, 0.25) is 0 Å². The van der Waals surface area contributed by atoms with Crippen LogP contribution in [0.4, 0.5) is 0 Å². The maximum atomic E-state index is 12.1. The highest BCUT2D eigenvalue weighted by Crippen LogP contribution is 2.30. The number of hydrogen-bond donors (Lipinski definition) is 1. The van der Waals surface area contributed by atoms with Gasteiger partial charge in [-0.2, -0.15) is 0 Å². The molecule has 0 amide bonds. The second kappa shape index (κ2) is 7.73. The predicted octanol–water partition coefficient (Wildman–Crippen LogP) is 4.08. The first-order valence-corrected chi connectivity index (χ1v) is 8.84. The Labute approximate surface area is 134 Å². The third kappa shape index (κ3) is 3.93. The van der Waals surface area contributed by atoms with Crippen LogP contribution < -0.4 is 5.32 Å². The van der Waals surface area contributed by atoms with Crippen molar-refractivity contribution in [3.8, 4) is 0 Å². The van der Waals surface area contributed by atoms with Gasteiger partial charge in [0.1, 0.15) is 6.04 Å². The van der Waals surface area contributed by atoms with Gasteiger partial charge in [0, 0.05) is 9.75 Å². The monoisotopic (exact) mass is 323 g/mol. The molecule has 0 bridgehead atoms. The Balaban J connectivity index is 2.27. The van der Waals surface area contributed by atoms with Crippen molar-refractivity contribution in [2.75, 3.05) is 7.11 Å². The molecule has 0 saturated heterocycles. The molecule has 2 heterocycles. The molecule has 0 spiro atoms. The van der Waals surface area contributed by atoms with Crippen molar-refractivity contribution in [3.63, 3.8) is 0 Å². The maximum Gasteiger partial charge on any atom is 0.323 e. The zero-order valence-corrected chi connectivity index (χ0v) is 14.2. The van der Waals surface area contributed by atoms with Crippen LogP contribution in [0.15, 0.2) is 35.0 Å². The van der Waals surface area contributed by atoms with E-state index in [0.29, 0.717) is 0 Å². The SMILES string of the molecule is CCC(C)C(NC(c1cccs1)c1cccs1)C(=O)OC. The van der Waals surface area contributed by atoms with E-state index < -0.39 is 0 Å². The van der Waals surface area contributed by atoms with Crippen molar-refractivity contribution in [2.24, 2.45) is 5.92 Å². The smallest absolute Gasteiger partial charge is 0.323 e. The van der Waals surface area contributed by atoms with Crippen LogP contribution in [-0.2, 0) is 9.53 Å². The van der Waals surface area contributed by atoms with E-state index in [-0.39, 0.29) is 24.0 Å². The molecule has 2 atom stereocenters. The van der Waals surface area contributed by atoms with Gasteiger partial charge in [-0.3, -0.25) is 10.1 Å². The summed E-state index contributed by atoms with van der Waals surface area (Å²) in [7, 11) is 1.45. The maximum absolute atomic E-state index is 12.1. The zero-order valence-electron chi connectivity index (χ0n) is 12.5. The average molecular weight is 323 g/mol. The summed E-state index contributed by atoms with van der Waals surface area (Å²) in [4.78, 5) is 14.5. The van der Waals surface area contributed by atoms with Crippen molar-refractivity contribution >= 4 is 28.6 Å². The van der Waals surface area contributed by atoms with Crippen molar-refractivity contribution in [3.05, 3.63) is 44.8 Å². The number of nitrogens with one attached hydrogen (secondary N) is 1. The minimum Gasteiger partial charge on any atom is -0.468 e. The Hall–Kier alpha value is -1.17. The number of carbonyl (C=O) groups excluding carboxylic acids is 1. The van der Waals surface area contributed by atoms with Gasteiger partial charge in [-0.25, -0.2) is 0 Å². The Kier molecular flexibility index (Phi) is 5.96. The molecule has 2 unspecified atom stereocenters. The standard InChI is InChI=1S/C16H21NO2S2/c1-4-11(2)14(16(18)19-3)17-15(12-7-5-9-20-12)13-8-6-10-21-13/h5-11,14-15,17H,4H2,1-3H3. The first kappa shape index (κ1) is 16.2. The summed E-state index contributed by atoms with van der Waals surface area (Å²) in [5.74, 6) is 0.0299. The number of hydrogen-bond acceptors (Lipinski definition) is 5. The van der Waals surface area contributed by atoms with Gasteiger partial charge in [-0.15, -0.1) is 22.7 Å². The molecule has 2 rings (SSSR count). The molecule has 0 radical (unpaired) electrons. The van der Waals surface area contributed by atoms with E-state index >= 15 is 0 Å². The summed E-state index contributed by atoms with van der Waals surface area (Å²) in [6.07, 6.45) is 0.925. The second-order valence-corrected chi connectivity index (χ2v) is 6.98. The third-order valence-corrected chi connectivity index (χ3v) is 5.54. The Morgan fingerprint density at radius 2 is 1.81 bits per heavy atom. The minimum atomic E-state index is -0.297. The summed E-state index contributed by atoms with van der Waals surface area (Å²) >= 11 is 3.40. The van der Waals surface area contributed by atoms with Crippen LogP contribution in [-0.4, -0.2) is 19.1 Å². The molecule has 114 valence electrons. The summed E-state index contributed by atoms with van der Waals surface area (Å²) in [6.45, 7) is 4.17. The highest BCUT2D eigenvalue weighted by Gasteiger charge is 2.29. The molecule has 3 nitrogen and oxygen atoms in total. The molecule has 1 N–H and O–H groups in total. The lowest BCUT2D eigenvalue weighted by Gasteiger charge is -2.26. The van der Waals surface area contributed by atoms with Crippen molar-refractivity contribution < 1.29 is 9.53 Å². The molecule has 5 heteroatoms. The topological polar surface area (TPSA) is 38.3 Å². The number of carbonyl (C=O) groups is 1. The third-order valence-electron chi connectivity index (χ3n) is 3.67. The second-order valence-electron chi connectivity index (χ2n) is 5.02. The van der Waals surface area contributed by atoms with E-state index in [9.17, 15) is 4.79 Å². The number of rotatable bonds is 7. The minimum absolute atomic E-state index is 0.0445. The average Bonchev–Trinajstić information content (AvgIpc) is 3.20.